The second-order valence-corrected chi connectivity index (χ2v) is 6.70. The zero-order chi connectivity index (χ0) is 19.9. The number of pyridine rings is 1. The van der Waals surface area contributed by atoms with Gasteiger partial charge in [0, 0.05) is 6.20 Å². The number of hydrogen-bond donors (Lipinski definition) is 1. The number of nitrogens with one attached hydrogen (secondary N) is 1. The van der Waals surface area contributed by atoms with Crippen molar-refractivity contribution in [2.45, 2.75) is 13.8 Å². The summed E-state index contributed by atoms with van der Waals surface area (Å²) < 4.78 is 10.6. The summed E-state index contributed by atoms with van der Waals surface area (Å²) in [5.74, 6) is -0.485. The number of anilines is 1. The molecule has 3 rings (SSSR count). The van der Waals surface area contributed by atoms with Crippen LogP contribution in [-0.4, -0.2) is 35.1 Å². The van der Waals surface area contributed by atoms with Crippen molar-refractivity contribution in [1.82, 2.24) is 9.97 Å². The number of carbonyl (C=O) groups is 2. The molecular weight excluding hydrogens is 378 g/mol. The Morgan fingerprint density at radius 1 is 1.14 bits per heavy atom. The zero-order valence-electron chi connectivity index (χ0n) is 15.5. The molecule has 0 spiro atoms. The van der Waals surface area contributed by atoms with Crippen LogP contribution in [0.3, 0.4) is 0 Å². The molecule has 0 fully saturated rings. The van der Waals surface area contributed by atoms with Crippen molar-refractivity contribution < 1.29 is 19.1 Å². The van der Waals surface area contributed by atoms with Crippen LogP contribution in [0.2, 0.25) is 0 Å². The average molecular weight is 397 g/mol. The first-order valence-electron chi connectivity index (χ1n) is 8.66. The fraction of sp³-hybridized carbons (Fsp3) is 0.200. The van der Waals surface area contributed by atoms with Crippen LogP contribution in [0.4, 0.5) is 5.69 Å². The van der Waals surface area contributed by atoms with Crippen molar-refractivity contribution in [2.24, 2.45) is 0 Å². The van der Waals surface area contributed by atoms with Gasteiger partial charge in [-0.3, -0.25) is 9.78 Å². The Bertz CT molecular complexity index is 973. The number of nitrogens with zero attached hydrogens (tertiary/aromatic N) is 2. The van der Waals surface area contributed by atoms with Gasteiger partial charge in [-0.15, -0.1) is 11.3 Å². The van der Waals surface area contributed by atoms with Gasteiger partial charge in [0.05, 0.1) is 23.7 Å². The molecule has 8 heteroatoms. The standard InChI is InChI=1S/C20H19N3O4S/c1-3-26-16-10-5-4-8-14(16)23-17(24)12-27-20(25)18-13(2)22-19(28-18)15-9-6-7-11-21-15/h4-11H,3,12H2,1-2H3,(H,23,24). The molecule has 0 aliphatic heterocycles. The first-order chi connectivity index (χ1) is 13.6. The third kappa shape index (κ3) is 4.72. The Morgan fingerprint density at radius 3 is 2.68 bits per heavy atom. The molecule has 0 saturated heterocycles. The van der Waals surface area contributed by atoms with Crippen molar-refractivity contribution in [3.63, 3.8) is 0 Å². The lowest BCUT2D eigenvalue weighted by molar-refractivity contribution is -0.119. The van der Waals surface area contributed by atoms with E-state index in [-0.39, 0.29) is 0 Å². The lowest BCUT2D eigenvalue weighted by Gasteiger charge is -2.11. The molecule has 0 bridgehead atoms. The van der Waals surface area contributed by atoms with Gasteiger partial charge < -0.3 is 14.8 Å². The van der Waals surface area contributed by atoms with Gasteiger partial charge in [0.2, 0.25) is 0 Å². The minimum atomic E-state index is -0.592. The molecule has 1 amide bonds. The predicted octanol–water partition coefficient (Wildman–Crippen LogP) is 3.71. The molecule has 0 atom stereocenters. The highest BCUT2D eigenvalue weighted by Crippen LogP contribution is 2.27. The summed E-state index contributed by atoms with van der Waals surface area (Å²) in [5.41, 5.74) is 1.74. The SMILES string of the molecule is CCOc1ccccc1NC(=O)COC(=O)c1sc(-c2ccccn2)nc1C. The van der Waals surface area contributed by atoms with Crippen molar-refractivity contribution in [3.8, 4) is 16.5 Å². The van der Waals surface area contributed by atoms with Crippen molar-refractivity contribution >= 4 is 28.9 Å². The summed E-state index contributed by atoms with van der Waals surface area (Å²) in [4.78, 5) is 33.5. The van der Waals surface area contributed by atoms with E-state index >= 15 is 0 Å². The second-order valence-electron chi connectivity index (χ2n) is 5.70. The number of rotatable bonds is 7. The van der Waals surface area contributed by atoms with Gasteiger partial charge >= 0.3 is 5.97 Å². The second kappa shape index (κ2) is 9.09. The summed E-state index contributed by atoms with van der Waals surface area (Å²) in [6, 6.07) is 12.5. The zero-order valence-corrected chi connectivity index (χ0v) is 16.3. The van der Waals surface area contributed by atoms with E-state index in [1.54, 1.807) is 37.4 Å². The summed E-state index contributed by atoms with van der Waals surface area (Å²) >= 11 is 1.19. The fourth-order valence-corrected chi connectivity index (χ4v) is 3.36. The minimum absolute atomic E-state index is 0.350. The monoisotopic (exact) mass is 397 g/mol. The van der Waals surface area contributed by atoms with Gasteiger partial charge in [-0.25, -0.2) is 9.78 Å². The van der Waals surface area contributed by atoms with E-state index < -0.39 is 18.5 Å². The van der Waals surface area contributed by atoms with Gasteiger partial charge in [0.15, 0.2) is 6.61 Å². The Balaban J connectivity index is 1.62. The largest absolute Gasteiger partial charge is 0.492 e. The number of esters is 1. The number of aryl methyl sites for hydroxylation is 1. The van der Waals surface area contributed by atoms with Crippen LogP contribution < -0.4 is 10.1 Å². The van der Waals surface area contributed by atoms with Crippen LogP contribution in [0.15, 0.2) is 48.7 Å². The Labute approximate surface area is 166 Å². The molecule has 0 saturated carbocycles. The Morgan fingerprint density at radius 2 is 1.93 bits per heavy atom. The number of thiazole rings is 1. The van der Waals surface area contributed by atoms with Crippen LogP contribution in [0.25, 0.3) is 10.7 Å². The van der Waals surface area contributed by atoms with Crippen LogP contribution in [0, 0.1) is 6.92 Å². The molecule has 0 radical (unpaired) electrons. The number of para-hydroxylation sites is 2. The molecule has 144 valence electrons. The Hall–Kier alpha value is -3.26. The molecule has 3 aromatic rings. The Kier molecular flexibility index (Phi) is 6.33. The molecule has 0 aliphatic carbocycles. The van der Waals surface area contributed by atoms with E-state index in [1.807, 2.05) is 25.1 Å². The van der Waals surface area contributed by atoms with E-state index in [4.69, 9.17) is 9.47 Å². The van der Waals surface area contributed by atoms with Crippen LogP contribution in [0.5, 0.6) is 5.75 Å². The van der Waals surface area contributed by atoms with E-state index in [1.165, 1.54) is 11.3 Å². The van der Waals surface area contributed by atoms with Crippen LogP contribution in [-0.2, 0) is 9.53 Å². The molecule has 0 unspecified atom stereocenters. The molecule has 28 heavy (non-hydrogen) atoms. The number of ether oxygens (including phenoxy) is 2. The maximum absolute atomic E-state index is 12.4. The van der Waals surface area contributed by atoms with E-state index in [2.05, 4.69) is 15.3 Å². The molecule has 1 N–H and O–H groups in total. The quantitative estimate of drug-likeness (QED) is 0.611. The van der Waals surface area contributed by atoms with Gasteiger partial charge in [0.1, 0.15) is 15.6 Å². The smallest absolute Gasteiger partial charge is 0.350 e. The summed E-state index contributed by atoms with van der Waals surface area (Å²) in [7, 11) is 0. The lowest BCUT2D eigenvalue weighted by Crippen LogP contribution is -2.21. The highest BCUT2D eigenvalue weighted by atomic mass is 32.1. The molecule has 2 heterocycles. The summed E-state index contributed by atoms with van der Waals surface area (Å²) in [6.45, 7) is 3.65. The maximum Gasteiger partial charge on any atom is 0.350 e. The topological polar surface area (TPSA) is 90.4 Å². The van der Waals surface area contributed by atoms with E-state index in [0.717, 1.165) is 0 Å². The van der Waals surface area contributed by atoms with Crippen molar-refractivity contribution in [2.75, 3.05) is 18.5 Å². The fourth-order valence-electron chi connectivity index (χ4n) is 2.42. The van der Waals surface area contributed by atoms with Crippen molar-refractivity contribution in [3.05, 3.63) is 59.2 Å². The maximum atomic E-state index is 12.4. The third-order valence-corrected chi connectivity index (χ3v) is 4.82. The first-order valence-corrected chi connectivity index (χ1v) is 9.47. The van der Waals surface area contributed by atoms with Gasteiger partial charge in [-0.1, -0.05) is 18.2 Å². The van der Waals surface area contributed by atoms with E-state index in [0.29, 0.717) is 39.3 Å². The first kappa shape index (κ1) is 19.5. The number of carbonyl (C=O) groups excluding carboxylic acids is 2. The average Bonchev–Trinajstić information content (AvgIpc) is 3.10. The van der Waals surface area contributed by atoms with Gasteiger partial charge in [0.25, 0.3) is 5.91 Å². The van der Waals surface area contributed by atoms with Gasteiger partial charge in [-0.2, -0.15) is 0 Å². The minimum Gasteiger partial charge on any atom is -0.492 e. The number of aromatic nitrogens is 2. The molecular formula is C20H19N3O4S. The van der Waals surface area contributed by atoms with E-state index in [9.17, 15) is 9.59 Å². The summed E-state index contributed by atoms with van der Waals surface area (Å²) in [5, 5.41) is 3.31. The van der Waals surface area contributed by atoms with Gasteiger partial charge in [-0.05, 0) is 38.1 Å². The number of amides is 1. The highest BCUT2D eigenvalue weighted by Gasteiger charge is 2.19. The molecule has 1 aromatic carbocycles. The number of hydrogen-bond acceptors (Lipinski definition) is 7. The number of benzene rings is 1. The van der Waals surface area contributed by atoms with Crippen LogP contribution >= 0.6 is 11.3 Å². The third-order valence-electron chi connectivity index (χ3n) is 3.66. The van der Waals surface area contributed by atoms with Crippen molar-refractivity contribution in [1.29, 1.82) is 0 Å². The molecule has 0 aliphatic rings. The summed E-state index contributed by atoms with van der Waals surface area (Å²) in [6.07, 6.45) is 1.66. The normalized spacial score (nSPS) is 10.4. The molecule has 7 nitrogen and oxygen atoms in total. The molecule has 2 aromatic heterocycles. The van der Waals surface area contributed by atoms with Crippen LogP contribution in [0.1, 0.15) is 22.3 Å². The highest BCUT2D eigenvalue weighted by molar-refractivity contribution is 7.17. The lowest BCUT2D eigenvalue weighted by atomic mass is 10.3. The predicted molar refractivity (Wildman–Crippen MR) is 107 cm³/mol.